The molecule has 0 bridgehead atoms. The van der Waals surface area contributed by atoms with Gasteiger partial charge in [-0.05, 0) is 30.5 Å². The molecule has 18 heavy (non-hydrogen) atoms. The third-order valence-corrected chi connectivity index (χ3v) is 3.12. The molecule has 0 saturated heterocycles. The summed E-state index contributed by atoms with van der Waals surface area (Å²) in [5.74, 6) is -1.00. The van der Waals surface area contributed by atoms with Gasteiger partial charge >= 0.3 is 5.97 Å². The number of benzene rings is 1. The Balaban J connectivity index is 3.08. The summed E-state index contributed by atoms with van der Waals surface area (Å²) in [6, 6.07) is 7.66. The third kappa shape index (κ3) is 3.01. The lowest BCUT2D eigenvalue weighted by molar-refractivity contribution is -0.146. The molecule has 0 amide bonds. The zero-order valence-corrected chi connectivity index (χ0v) is 11.4. The molecule has 1 atom stereocenters. The number of nitrogens with one attached hydrogen (secondary N) is 1. The van der Waals surface area contributed by atoms with E-state index in [0.717, 1.165) is 11.3 Å². The van der Waals surface area contributed by atoms with Crippen molar-refractivity contribution in [1.82, 2.24) is 0 Å². The number of methoxy groups -OCH3 is 1. The maximum atomic E-state index is 11.6. The van der Waals surface area contributed by atoms with Gasteiger partial charge in [0.25, 0.3) is 0 Å². The molecule has 100 valence electrons. The molecule has 4 heteroatoms. The van der Waals surface area contributed by atoms with E-state index in [4.69, 9.17) is 4.74 Å². The summed E-state index contributed by atoms with van der Waals surface area (Å²) >= 11 is 0. The van der Waals surface area contributed by atoms with Gasteiger partial charge in [-0.1, -0.05) is 26.0 Å². The van der Waals surface area contributed by atoms with Crippen LogP contribution in [0.2, 0.25) is 0 Å². The molecule has 1 aromatic rings. The highest BCUT2D eigenvalue weighted by molar-refractivity contribution is 5.83. The second kappa shape index (κ2) is 5.87. The van der Waals surface area contributed by atoms with Crippen molar-refractivity contribution in [1.29, 1.82) is 0 Å². The number of carboxylic acid groups (broad SMARTS) is 1. The number of hydrogen-bond acceptors (Lipinski definition) is 3. The van der Waals surface area contributed by atoms with Gasteiger partial charge in [-0.2, -0.15) is 0 Å². The molecule has 0 aliphatic heterocycles. The Bertz CT molecular complexity index is 417. The van der Waals surface area contributed by atoms with Crippen molar-refractivity contribution in [3.05, 3.63) is 29.8 Å². The first-order chi connectivity index (χ1) is 8.42. The summed E-state index contributed by atoms with van der Waals surface area (Å²) in [6.07, 6.45) is 0. The Hall–Kier alpha value is -1.55. The molecule has 0 spiro atoms. The van der Waals surface area contributed by atoms with Crippen LogP contribution in [-0.2, 0) is 9.53 Å². The van der Waals surface area contributed by atoms with E-state index in [1.807, 2.05) is 45.0 Å². The van der Waals surface area contributed by atoms with Gasteiger partial charge < -0.3 is 15.2 Å². The van der Waals surface area contributed by atoms with E-state index < -0.39 is 11.5 Å². The molecule has 1 aromatic carbocycles. The average molecular weight is 251 g/mol. The predicted octanol–water partition coefficient (Wildman–Crippen LogP) is 2.53. The van der Waals surface area contributed by atoms with Crippen LogP contribution in [-0.4, -0.2) is 30.3 Å². The molecular weight excluding hydrogens is 230 g/mol. The minimum absolute atomic E-state index is 0.101. The smallest absolute Gasteiger partial charge is 0.332 e. The fraction of sp³-hybridized carbons (Fsp3) is 0.500. The average Bonchev–Trinajstić information content (AvgIpc) is 2.27. The van der Waals surface area contributed by atoms with Crippen molar-refractivity contribution in [2.75, 3.05) is 19.0 Å². The summed E-state index contributed by atoms with van der Waals surface area (Å²) in [4.78, 5) is 11.6. The highest BCUT2D eigenvalue weighted by Gasteiger charge is 2.42. The van der Waals surface area contributed by atoms with Crippen LogP contribution in [0.25, 0.3) is 0 Å². The van der Waals surface area contributed by atoms with E-state index in [0.29, 0.717) is 0 Å². The zero-order valence-electron chi connectivity index (χ0n) is 11.4. The number of anilines is 1. The molecule has 1 unspecified atom stereocenters. The van der Waals surface area contributed by atoms with E-state index in [2.05, 4.69) is 5.32 Å². The summed E-state index contributed by atoms with van der Waals surface area (Å²) in [5.41, 5.74) is 0.770. The molecule has 1 rings (SSSR count). The van der Waals surface area contributed by atoms with Crippen LogP contribution in [0.4, 0.5) is 5.69 Å². The highest BCUT2D eigenvalue weighted by atomic mass is 16.5. The lowest BCUT2D eigenvalue weighted by Gasteiger charge is -2.34. The van der Waals surface area contributed by atoms with Crippen LogP contribution in [0.3, 0.4) is 0 Å². The van der Waals surface area contributed by atoms with Crippen molar-refractivity contribution in [2.24, 2.45) is 5.92 Å². The van der Waals surface area contributed by atoms with Gasteiger partial charge in [0, 0.05) is 12.8 Å². The lowest BCUT2D eigenvalue weighted by Crippen LogP contribution is -2.54. The van der Waals surface area contributed by atoms with Gasteiger partial charge in [0.15, 0.2) is 5.54 Å². The first-order valence-corrected chi connectivity index (χ1v) is 5.99. The van der Waals surface area contributed by atoms with E-state index in [1.165, 1.54) is 7.11 Å². The Labute approximate surface area is 108 Å². The molecule has 0 saturated carbocycles. The van der Waals surface area contributed by atoms with Crippen LogP contribution in [0.1, 0.15) is 19.4 Å². The number of carboxylic acids is 1. The molecule has 0 fully saturated rings. The van der Waals surface area contributed by atoms with Gasteiger partial charge in [-0.15, -0.1) is 0 Å². The number of carbonyl (C=O) groups is 1. The minimum Gasteiger partial charge on any atom is -0.479 e. The Kier molecular flexibility index (Phi) is 4.73. The van der Waals surface area contributed by atoms with Crippen molar-refractivity contribution in [3.8, 4) is 0 Å². The van der Waals surface area contributed by atoms with Gasteiger partial charge in [0.2, 0.25) is 0 Å². The molecular formula is C14H21NO3. The summed E-state index contributed by atoms with van der Waals surface area (Å²) in [6.45, 7) is 5.83. The summed E-state index contributed by atoms with van der Waals surface area (Å²) in [5, 5.41) is 12.6. The van der Waals surface area contributed by atoms with Gasteiger partial charge in [-0.3, -0.25) is 0 Å². The Morgan fingerprint density at radius 2 is 2.17 bits per heavy atom. The van der Waals surface area contributed by atoms with Crippen molar-refractivity contribution >= 4 is 11.7 Å². The number of hydrogen-bond donors (Lipinski definition) is 2. The van der Waals surface area contributed by atoms with Crippen LogP contribution in [0, 0.1) is 12.8 Å². The van der Waals surface area contributed by atoms with Crippen molar-refractivity contribution in [3.63, 3.8) is 0 Å². The maximum Gasteiger partial charge on any atom is 0.332 e. The van der Waals surface area contributed by atoms with Crippen LogP contribution >= 0.6 is 0 Å². The standard InChI is InChI=1S/C14H21NO3/c1-10(2)14(9-18-4,13(16)17)15-12-7-5-6-11(3)8-12/h5-8,10,15H,9H2,1-4H3,(H,16,17). The monoisotopic (exact) mass is 251 g/mol. The normalized spacial score (nSPS) is 14.3. The third-order valence-electron chi connectivity index (χ3n) is 3.12. The first kappa shape index (κ1) is 14.5. The number of aliphatic carboxylic acids is 1. The SMILES string of the molecule is COCC(Nc1cccc(C)c1)(C(=O)O)C(C)C. The second-order valence-corrected chi connectivity index (χ2v) is 4.86. The first-order valence-electron chi connectivity index (χ1n) is 5.99. The fourth-order valence-electron chi connectivity index (χ4n) is 1.92. The number of aryl methyl sites for hydroxylation is 1. The van der Waals surface area contributed by atoms with Gasteiger partial charge in [-0.25, -0.2) is 4.79 Å². The quantitative estimate of drug-likeness (QED) is 0.815. The van der Waals surface area contributed by atoms with Crippen molar-refractivity contribution < 1.29 is 14.6 Å². The maximum absolute atomic E-state index is 11.6. The fourth-order valence-corrected chi connectivity index (χ4v) is 1.92. The molecule has 0 aliphatic rings. The minimum atomic E-state index is -1.11. The number of ether oxygens (including phenoxy) is 1. The largest absolute Gasteiger partial charge is 0.479 e. The summed E-state index contributed by atoms with van der Waals surface area (Å²) in [7, 11) is 1.51. The van der Waals surface area contributed by atoms with E-state index in [-0.39, 0.29) is 12.5 Å². The molecule has 0 aliphatic carbocycles. The van der Waals surface area contributed by atoms with E-state index in [9.17, 15) is 9.90 Å². The highest BCUT2D eigenvalue weighted by Crippen LogP contribution is 2.25. The predicted molar refractivity (Wildman–Crippen MR) is 71.9 cm³/mol. The Morgan fingerprint density at radius 3 is 2.61 bits per heavy atom. The molecule has 4 nitrogen and oxygen atoms in total. The van der Waals surface area contributed by atoms with E-state index in [1.54, 1.807) is 0 Å². The van der Waals surface area contributed by atoms with Crippen molar-refractivity contribution in [2.45, 2.75) is 26.3 Å². The molecule has 2 N–H and O–H groups in total. The van der Waals surface area contributed by atoms with Crippen LogP contribution in [0.5, 0.6) is 0 Å². The Morgan fingerprint density at radius 1 is 1.50 bits per heavy atom. The molecule has 0 aromatic heterocycles. The zero-order chi connectivity index (χ0) is 13.8. The van der Waals surface area contributed by atoms with Crippen LogP contribution < -0.4 is 5.32 Å². The van der Waals surface area contributed by atoms with Gasteiger partial charge in [0.1, 0.15) is 0 Å². The second-order valence-electron chi connectivity index (χ2n) is 4.86. The van der Waals surface area contributed by atoms with Gasteiger partial charge in [0.05, 0.1) is 6.61 Å². The molecule has 0 radical (unpaired) electrons. The lowest BCUT2D eigenvalue weighted by atomic mass is 9.86. The summed E-state index contributed by atoms with van der Waals surface area (Å²) < 4.78 is 5.09. The van der Waals surface area contributed by atoms with Crippen LogP contribution in [0.15, 0.2) is 24.3 Å². The molecule has 0 heterocycles. The van der Waals surface area contributed by atoms with E-state index >= 15 is 0 Å². The topological polar surface area (TPSA) is 58.6 Å². The number of rotatable bonds is 6.